The van der Waals surface area contributed by atoms with Gasteiger partial charge in [-0.25, -0.2) is 4.98 Å². The van der Waals surface area contributed by atoms with Crippen molar-refractivity contribution in [2.24, 2.45) is 0 Å². The van der Waals surface area contributed by atoms with E-state index in [1.807, 2.05) is 28.9 Å². The number of carbonyl (C=O) groups excluding carboxylic acids is 1. The van der Waals surface area contributed by atoms with Gasteiger partial charge in [0.05, 0.1) is 5.56 Å². The maximum Gasteiger partial charge on any atom is 0.255 e. The van der Waals surface area contributed by atoms with E-state index in [1.54, 1.807) is 6.20 Å². The van der Waals surface area contributed by atoms with Crippen molar-refractivity contribution >= 4 is 11.6 Å². The molecule has 0 saturated heterocycles. The van der Waals surface area contributed by atoms with Crippen molar-refractivity contribution in [1.29, 1.82) is 0 Å². The normalized spacial score (nSPS) is 15.1. The SMILES string of the molecule is O=C(NCCC1=CCCCC1)c1cccn2ccnc12. The van der Waals surface area contributed by atoms with Crippen LogP contribution in [0.15, 0.2) is 42.4 Å². The molecule has 4 heteroatoms. The van der Waals surface area contributed by atoms with Crippen LogP contribution in [-0.2, 0) is 0 Å². The second kappa shape index (κ2) is 5.90. The van der Waals surface area contributed by atoms with Gasteiger partial charge in [-0.15, -0.1) is 0 Å². The summed E-state index contributed by atoms with van der Waals surface area (Å²) in [5.41, 5.74) is 2.83. The molecule has 0 unspecified atom stereocenters. The van der Waals surface area contributed by atoms with E-state index in [0.29, 0.717) is 17.8 Å². The zero-order chi connectivity index (χ0) is 13.8. The lowest BCUT2D eigenvalue weighted by Crippen LogP contribution is -2.25. The van der Waals surface area contributed by atoms with Gasteiger partial charge in [0, 0.05) is 25.1 Å². The minimum absolute atomic E-state index is 0.0433. The first-order valence-electron chi connectivity index (χ1n) is 7.22. The number of hydrogen-bond acceptors (Lipinski definition) is 2. The summed E-state index contributed by atoms with van der Waals surface area (Å²) in [6.45, 7) is 0.701. The zero-order valence-corrected chi connectivity index (χ0v) is 11.5. The predicted octanol–water partition coefficient (Wildman–Crippen LogP) is 2.95. The fourth-order valence-corrected chi connectivity index (χ4v) is 2.69. The van der Waals surface area contributed by atoms with Crippen molar-refractivity contribution in [3.63, 3.8) is 0 Å². The number of nitrogens with zero attached hydrogens (tertiary/aromatic N) is 2. The van der Waals surface area contributed by atoms with Crippen LogP contribution in [0.5, 0.6) is 0 Å². The third-order valence-corrected chi connectivity index (χ3v) is 3.78. The van der Waals surface area contributed by atoms with Crippen LogP contribution in [0.25, 0.3) is 5.65 Å². The van der Waals surface area contributed by atoms with E-state index in [9.17, 15) is 4.79 Å². The molecule has 20 heavy (non-hydrogen) atoms. The van der Waals surface area contributed by atoms with E-state index in [2.05, 4.69) is 16.4 Å². The van der Waals surface area contributed by atoms with Gasteiger partial charge < -0.3 is 9.72 Å². The van der Waals surface area contributed by atoms with E-state index in [-0.39, 0.29) is 5.91 Å². The average molecular weight is 269 g/mol. The van der Waals surface area contributed by atoms with Gasteiger partial charge >= 0.3 is 0 Å². The Balaban J connectivity index is 1.61. The van der Waals surface area contributed by atoms with Gasteiger partial charge in [0.15, 0.2) is 0 Å². The lowest BCUT2D eigenvalue weighted by molar-refractivity contribution is 0.0955. The lowest BCUT2D eigenvalue weighted by Gasteiger charge is -2.13. The van der Waals surface area contributed by atoms with Crippen molar-refractivity contribution in [3.05, 3.63) is 47.9 Å². The van der Waals surface area contributed by atoms with Gasteiger partial charge in [-0.3, -0.25) is 4.79 Å². The van der Waals surface area contributed by atoms with Gasteiger partial charge in [-0.2, -0.15) is 0 Å². The molecule has 104 valence electrons. The number of nitrogens with one attached hydrogen (secondary N) is 1. The number of carbonyl (C=O) groups is 1. The second-order valence-corrected chi connectivity index (χ2v) is 5.19. The second-order valence-electron chi connectivity index (χ2n) is 5.19. The molecule has 0 spiro atoms. The number of amides is 1. The molecule has 0 bridgehead atoms. The molecule has 0 aromatic carbocycles. The molecule has 0 radical (unpaired) electrons. The number of rotatable bonds is 4. The number of imidazole rings is 1. The number of pyridine rings is 1. The number of hydrogen-bond donors (Lipinski definition) is 1. The van der Waals surface area contributed by atoms with Crippen LogP contribution in [0.4, 0.5) is 0 Å². The van der Waals surface area contributed by atoms with Crippen LogP contribution < -0.4 is 5.32 Å². The van der Waals surface area contributed by atoms with Crippen LogP contribution >= 0.6 is 0 Å². The molecule has 0 atom stereocenters. The molecule has 2 aromatic heterocycles. The maximum atomic E-state index is 12.2. The number of aromatic nitrogens is 2. The predicted molar refractivity (Wildman–Crippen MR) is 78.7 cm³/mol. The third kappa shape index (κ3) is 2.74. The molecule has 4 nitrogen and oxygen atoms in total. The summed E-state index contributed by atoms with van der Waals surface area (Å²) in [6, 6.07) is 3.69. The van der Waals surface area contributed by atoms with Crippen molar-refractivity contribution in [2.45, 2.75) is 32.1 Å². The highest BCUT2D eigenvalue weighted by molar-refractivity contribution is 5.99. The summed E-state index contributed by atoms with van der Waals surface area (Å²) in [7, 11) is 0. The zero-order valence-electron chi connectivity index (χ0n) is 11.5. The van der Waals surface area contributed by atoms with Crippen LogP contribution in [0.3, 0.4) is 0 Å². The lowest BCUT2D eigenvalue weighted by atomic mass is 9.97. The summed E-state index contributed by atoms with van der Waals surface area (Å²) in [5.74, 6) is -0.0433. The molecule has 1 amide bonds. The average Bonchev–Trinajstić information content (AvgIpc) is 2.96. The highest BCUT2D eigenvalue weighted by Crippen LogP contribution is 2.19. The Labute approximate surface area is 118 Å². The van der Waals surface area contributed by atoms with Crippen molar-refractivity contribution in [3.8, 4) is 0 Å². The van der Waals surface area contributed by atoms with Crippen LogP contribution in [0.1, 0.15) is 42.5 Å². The smallest absolute Gasteiger partial charge is 0.255 e. The van der Waals surface area contributed by atoms with Crippen molar-refractivity contribution < 1.29 is 4.79 Å². The molecular formula is C16H19N3O. The largest absolute Gasteiger partial charge is 0.352 e. The first-order valence-corrected chi connectivity index (χ1v) is 7.22. The molecule has 2 aromatic rings. The quantitative estimate of drug-likeness (QED) is 0.867. The first kappa shape index (κ1) is 12.9. The van der Waals surface area contributed by atoms with Gasteiger partial charge in [-0.05, 0) is 44.2 Å². The number of allylic oxidation sites excluding steroid dienone is 1. The van der Waals surface area contributed by atoms with Gasteiger partial charge in [0.2, 0.25) is 0 Å². The molecule has 3 rings (SSSR count). The monoisotopic (exact) mass is 269 g/mol. The van der Waals surface area contributed by atoms with Crippen LogP contribution in [-0.4, -0.2) is 21.8 Å². The minimum Gasteiger partial charge on any atom is -0.352 e. The van der Waals surface area contributed by atoms with Gasteiger partial charge in [0.1, 0.15) is 5.65 Å². The maximum absolute atomic E-state index is 12.2. The Bertz CT molecular complexity index is 642. The molecule has 1 aliphatic carbocycles. The molecule has 2 heterocycles. The Morgan fingerprint density at radius 2 is 2.30 bits per heavy atom. The Hall–Kier alpha value is -2.10. The summed E-state index contributed by atoms with van der Waals surface area (Å²) < 4.78 is 1.86. The van der Waals surface area contributed by atoms with Crippen molar-refractivity contribution in [2.75, 3.05) is 6.54 Å². The van der Waals surface area contributed by atoms with Gasteiger partial charge in [0.25, 0.3) is 5.91 Å². The van der Waals surface area contributed by atoms with Crippen LogP contribution in [0.2, 0.25) is 0 Å². The van der Waals surface area contributed by atoms with E-state index in [4.69, 9.17) is 0 Å². The topological polar surface area (TPSA) is 46.4 Å². The fraction of sp³-hybridized carbons (Fsp3) is 0.375. The Kier molecular flexibility index (Phi) is 3.81. The highest BCUT2D eigenvalue weighted by atomic mass is 16.1. The summed E-state index contributed by atoms with van der Waals surface area (Å²) >= 11 is 0. The van der Waals surface area contributed by atoms with E-state index >= 15 is 0 Å². The van der Waals surface area contributed by atoms with E-state index < -0.39 is 0 Å². The Morgan fingerprint density at radius 1 is 1.35 bits per heavy atom. The standard InChI is InChI=1S/C16H19N3O/c20-16(18-9-8-13-5-2-1-3-6-13)14-7-4-11-19-12-10-17-15(14)19/h4-5,7,10-12H,1-3,6,8-9H2,(H,18,20). The third-order valence-electron chi connectivity index (χ3n) is 3.78. The molecule has 0 saturated carbocycles. The molecule has 0 aliphatic heterocycles. The van der Waals surface area contributed by atoms with E-state index in [1.165, 1.54) is 31.3 Å². The minimum atomic E-state index is -0.0433. The summed E-state index contributed by atoms with van der Waals surface area (Å²) in [6.07, 6.45) is 13.7. The molecule has 1 aliphatic rings. The van der Waals surface area contributed by atoms with Gasteiger partial charge in [-0.1, -0.05) is 11.6 Å². The molecular weight excluding hydrogens is 250 g/mol. The summed E-state index contributed by atoms with van der Waals surface area (Å²) in [5, 5.41) is 3.00. The summed E-state index contributed by atoms with van der Waals surface area (Å²) in [4.78, 5) is 16.4. The first-order chi connectivity index (χ1) is 9.84. The van der Waals surface area contributed by atoms with Crippen molar-refractivity contribution in [1.82, 2.24) is 14.7 Å². The fourth-order valence-electron chi connectivity index (χ4n) is 2.69. The highest BCUT2D eigenvalue weighted by Gasteiger charge is 2.11. The molecule has 0 fully saturated rings. The van der Waals surface area contributed by atoms with E-state index in [0.717, 1.165) is 6.42 Å². The number of fused-ring (bicyclic) bond motifs is 1. The molecule has 1 N–H and O–H groups in total. The van der Waals surface area contributed by atoms with Crippen LogP contribution in [0, 0.1) is 0 Å². The Morgan fingerprint density at radius 3 is 3.15 bits per heavy atom.